The Morgan fingerprint density at radius 2 is 1.83 bits per heavy atom. The Kier molecular flexibility index (Phi) is 5.81. The number of nitrogens with zero attached hydrogens (tertiary/aromatic N) is 3. The van der Waals surface area contributed by atoms with Crippen LogP contribution in [0.25, 0.3) is 5.57 Å². The van der Waals surface area contributed by atoms with Gasteiger partial charge in [0, 0.05) is 11.6 Å². The molecule has 23 heavy (non-hydrogen) atoms. The van der Waals surface area contributed by atoms with Gasteiger partial charge < -0.3 is 15.7 Å². The predicted molar refractivity (Wildman–Crippen MR) is 85.5 cm³/mol. The summed E-state index contributed by atoms with van der Waals surface area (Å²) >= 11 is 0. The highest BCUT2D eigenvalue weighted by Crippen LogP contribution is 2.32. The standard InChI is InChI=1S/C15H23F2N5O/c1-8(2)18-14-20-13(10-5-4-6-11(23)12(10)17)21-15(22-14)19-9(3)7-16/h8-9,11,23H,4-7H2,1-3H3,(H2,18,19,20,21,22)/t9-,11?/m1/s1. The summed E-state index contributed by atoms with van der Waals surface area (Å²) in [5.41, 5.74) is 0.286. The fourth-order valence-corrected chi connectivity index (χ4v) is 2.30. The second-order valence-corrected chi connectivity index (χ2v) is 6.04. The van der Waals surface area contributed by atoms with E-state index < -0.39 is 24.6 Å². The molecule has 0 spiro atoms. The summed E-state index contributed by atoms with van der Waals surface area (Å²) in [4.78, 5) is 12.6. The van der Waals surface area contributed by atoms with Crippen LogP contribution < -0.4 is 10.6 Å². The Morgan fingerprint density at radius 1 is 1.17 bits per heavy atom. The number of allylic oxidation sites excluding steroid dienone is 1. The van der Waals surface area contributed by atoms with Crippen molar-refractivity contribution in [2.45, 2.75) is 58.2 Å². The predicted octanol–water partition coefficient (Wildman–Crippen LogP) is 2.69. The average molecular weight is 327 g/mol. The summed E-state index contributed by atoms with van der Waals surface area (Å²) in [6.45, 7) is 4.92. The molecular weight excluding hydrogens is 304 g/mol. The lowest BCUT2D eigenvalue weighted by molar-refractivity contribution is 0.165. The second-order valence-electron chi connectivity index (χ2n) is 6.04. The maximum atomic E-state index is 14.2. The number of anilines is 2. The lowest BCUT2D eigenvalue weighted by Crippen LogP contribution is -2.22. The summed E-state index contributed by atoms with van der Waals surface area (Å²) in [5, 5.41) is 15.6. The minimum absolute atomic E-state index is 0.0764. The van der Waals surface area contributed by atoms with Gasteiger partial charge in [-0.3, -0.25) is 0 Å². The van der Waals surface area contributed by atoms with E-state index in [4.69, 9.17) is 0 Å². The molecule has 128 valence electrons. The normalized spacial score (nSPS) is 19.9. The highest BCUT2D eigenvalue weighted by Gasteiger charge is 2.25. The molecule has 3 N–H and O–H groups in total. The Balaban J connectivity index is 2.41. The van der Waals surface area contributed by atoms with Crippen molar-refractivity contribution in [3.8, 4) is 0 Å². The third-order valence-corrected chi connectivity index (χ3v) is 3.42. The van der Waals surface area contributed by atoms with Crippen LogP contribution in [-0.2, 0) is 0 Å². The Labute approximate surface area is 134 Å². The van der Waals surface area contributed by atoms with Crippen LogP contribution in [0, 0.1) is 0 Å². The van der Waals surface area contributed by atoms with Gasteiger partial charge in [-0.15, -0.1) is 0 Å². The largest absolute Gasteiger partial charge is 0.386 e. The minimum atomic E-state index is -1.11. The van der Waals surface area contributed by atoms with Gasteiger partial charge in [-0.2, -0.15) is 15.0 Å². The fraction of sp³-hybridized carbons (Fsp3) is 0.667. The van der Waals surface area contributed by atoms with Crippen LogP contribution in [0.5, 0.6) is 0 Å². The first kappa shape index (κ1) is 17.5. The summed E-state index contributed by atoms with van der Waals surface area (Å²) in [7, 11) is 0. The molecule has 0 saturated carbocycles. The van der Waals surface area contributed by atoms with Crippen LogP contribution in [0.2, 0.25) is 0 Å². The van der Waals surface area contributed by atoms with E-state index in [0.29, 0.717) is 25.2 Å². The van der Waals surface area contributed by atoms with E-state index in [-0.39, 0.29) is 23.4 Å². The average Bonchev–Trinajstić information content (AvgIpc) is 2.49. The Bertz CT molecular complexity index is 579. The van der Waals surface area contributed by atoms with Crippen LogP contribution in [0.15, 0.2) is 5.83 Å². The molecule has 1 aromatic rings. The lowest BCUT2D eigenvalue weighted by Gasteiger charge is -2.20. The van der Waals surface area contributed by atoms with Crippen molar-refractivity contribution < 1.29 is 13.9 Å². The van der Waals surface area contributed by atoms with Crippen molar-refractivity contribution in [2.75, 3.05) is 17.3 Å². The van der Waals surface area contributed by atoms with Crippen LogP contribution in [-0.4, -0.2) is 44.9 Å². The number of hydrogen-bond donors (Lipinski definition) is 3. The first-order chi connectivity index (χ1) is 10.9. The second kappa shape index (κ2) is 7.63. The third kappa shape index (κ3) is 4.57. The monoisotopic (exact) mass is 327 g/mol. The molecule has 0 radical (unpaired) electrons. The van der Waals surface area contributed by atoms with Crippen LogP contribution >= 0.6 is 0 Å². The molecule has 0 saturated heterocycles. The molecule has 0 fully saturated rings. The molecule has 1 aromatic heterocycles. The molecule has 1 heterocycles. The minimum Gasteiger partial charge on any atom is -0.386 e. The van der Waals surface area contributed by atoms with Crippen LogP contribution in [0.1, 0.15) is 45.9 Å². The van der Waals surface area contributed by atoms with Crippen molar-refractivity contribution in [3.63, 3.8) is 0 Å². The van der Waals surface area contributed by atoms with Crippen molar-refractivity contribution in [2.24, 2.45) is 0 Å². The van der Waals surface area contributed by atoms with Gasteiger partial charge in [0.2, 0.25) is 11.9 Å². The highest BCUT2D eigenvalue weighted by atomic mass is 19.1. The molecule has 1 aliphatic carbocycles. The van der Waals surface area contributed by atoms with E-state index in [2.05, 4.69) is 25.6 Å². The SMILES string of the molecule is CC(C)Nc1nc(N[C@H](C)CF)nc(C2=C(F)C(O)CCC2)n1. The first-order valence-electron chi connectivity index (χ1n) is 7.82. The lowest BCUT2D eigenvalue weighted by atomic mass is 9.96. The van der Waals surface area contributed by atoms with Gasteiger partial charge in [-0.05, 0) is 40.0 Å². The maximum absolute atomic E-state index is 14.2. The van der Waals surface area contributed by atoms with E-state index in [1.54, 1.807) is 6.92 Å². The zero-order chi connectivity index (χ0) is 17.0. The fourth-order valence-electron chi connectivity index (χ4n) is 2.30. The summed E-state index contributed by atoms with van der Waals surface area (Å²) in [6.07, 6.45) is 0.387. The van der Waals surface area contributed by atoms with Gasteiger partial charge in [0.15, 0.2) is 5.82 Å². The van der Waals surface area contributed by atoms with Gasteiger partial charge in [0.25, 0.3) is 0 Å². The summed E-state index contributed by atoms with van der Waals surface area (Å²) in [6, 6.07) is -0.389. The molecule has 1 aliphatic rings. The molecule has 0 aromatic carbocycles. The van der Waals surface area contributed by atoms with Gasteiger partial charge in [0.05, 0.1) is 6.04 Å². The third-order valence-electron chi connectivity index (χ3n) is 3.42. The number of aliphatic hydroxyl groups excluding tert-OH is 1. The molecule has 1 unspecified atom stereocenters. The molecule has 0 bridgehead atoms. The zero-order valence-electron chi connectivity index (χ0n) is 13.6. The van der Waals surface area contributed by atoms with Crippen LogP contribution in [0.4, 0.5) is 20.7 Å². The van der Waals surface area contributed by atoms with E-state index in [0.717, 1.165) is 0 Å². The van der Waals surface area contributed by atoms with Gasteiger partial charge in [-0.25, -0.2) is 8.78 Å². The van der Waals surface area contributed by atoms with Crippen LogP contribution in [0.3, 0.4) is 0 Å². The van der Waals surface area contributed by atoms with E-state index >= 15 is 0 Å². The maximum Gasteiger partial charge on any atom is 0.228 e. The Hall–Kier alpha value is -1.83. The molecule has 0 amide bonds. The number of hydrogen-bond acceptors (Lipinski definition) is 6. The van der Waals surface area contributed by atoms with Gasteiger partial charge in [-0.1, -0.05) is 0 Å². The van der Waals surface area contributed by atoms with Crippen molar-refractivity contribution in [1.29, 1.82) is 0 Å². The molecule has 2 atom stereocenters. The number of aliphatic hydroxyl groups is 1. The first-order valence-corrected chi connectivity index (χ1v) is 7.82. The Morgan fingerprint density at radius 3 is 2.43 bits per heavy atom. The molecule has 6 nitrogen and oxygen atoms in total. The number of rotatable bonds is 6. The number of aromatic nitrogens is 3. The van der Waals surface area contributed by atoms with E-state index in [1.165, 1.54) is 0 Å². The topological polar surface area (TPSA) is 83.0 Å². The number of nitrogens with one attached hydrogen (secondary N) is 2. The molecule has 8 heteroatoms. The smallest absolute Gasteiger partial charge is 0.228 e. The summed E-state index contributed by atoms with van der Waals surface area (Å²) in [5.74, 6) is 0.0537. The zero-order valence-corrected chi connectivity index (χ0v) is 13.6. The van der Waals surface area contributed by atoms with Gasteiger partial charge in [0.1, 0.15) is 18.6 Å². The van der Waals surface area contributed by atoms with Gasteiger partial charge >= 0.3 is 0 Å². The number of alkyl halides is 1. The quantitative estimate of drug-likeness (QED) is 0.745. The number of halogens is 2. The van der Waals surface area contributed by atoms with Crippen molar-refractivity contribution in [1.82, 2.24) is 15.0 Å². The van der Waals surface area contributed by atoms with Crippen molar-refractivity contribution >= 4 is 17.5 Å². The molecular formula is C15H23F2N5O. The molecule has 0 aliphatic heterocycles. The van der Waals surface area contributed by atoms with Crippen molar-refractivity contribution in [3.05, 3.63) is 11.7 Å². The van der Waals surface area contributed by atoms with E-state index in [9.17, 15) is 13.9 Å². The molecule has 2 rings (SSSR count). The van der Waals surface area contributed by atoms with E-state index in [1.807, 2.05) is 13.8 Å². The highest BCUT2D eigenvalue weighted by molar-refractivity contribution is 5.65. The summed E-state index contributed by atoms with van der Waals surface area (Å²) < 4.78 is 26.9.